The number of aliphatic hydroxyl groups excluding tert-OH is 1. The van der Waals surface area contributed by atoms with Crippen LogP contribution in [0.15, 0.2) is 30.5 Å². The summed E-state index contributed by atoms with van der Waals surface area (Å²) >= 11 is 0. The Morgan fingerprint density at radius 2 is 1.94 bits per heavy atom. The second-order valence-corrected chi connectivity index (χ2v) is 3.57. The van der Waals surface area contributed by atoms with Gasteiger partial charge in [0.15, 0.2) is 0 Å². The van der Waals surface area contributed by atoms with Crippen molar-refractivity contribution in [1.29, 1.82) is 0 Å². The number of aromatic nitrogens is 1. The molecule has 0 saturated carbocycles. The lowest BCUT2D eigenvalue weighted by molar-refractivity contribution is -0.139. The Morgan fingerprint density at radius 1 is 1.19 bits per heavy atom. The van der Waals surface area contributed by atoms with Crippen LogP contribution >= 0.6 is 0 Å². The van der Waals surface area contributed by atoms with E-state index in [2.05, 4.69) is 0 Å². The van der Waals surface area contributed by atoms with Gasteiger partial charge in [0.1, 0.15) is 6.54 Å². The highest BCUT2D eigenvalue weighted by molar-refractivity contribution is 5.83. The summed E-state index contributed by atoms with van der Waals surface area (Å²) < 4.78 is 38.0. The van der Waals surface area contributed by atoms with Crippen molar-refractivity contribution in [3.8, 4) is 0 Å². The van der Waals surface area contributed by atoms with Crippen molar-refractivity contribution < 1.29 is 18.3 Å². The molecule has 0 bridgehead atoms. The number of fused-ring (bicyclic) bond motifs is 1. The van der Waals surface area contributed by atoms with Crippen molar-refractivity contribution in [2.75, 3.05) is 0 Å². The molecule has 0 spiro atoms. The van der Waals surface area contributed by atoms with Crippen molar-refractivity contribution in [1.82, 2.24) is 4.57 Å². The van der Waals surface area contributed by atoms with Crippen LogP contribution in [0.3, 0.4) is 0 Å². The number of benzene rings is 1. The summed E-state index contributed by atoms with van der Waals surface area (Å²) in [4.78, 5) is 0. The molecule has 0 aliphatic rings. The molecule has 0 amide bonds. The Bertz CT molecular complexity index is 501. The van der Waals surface area contributed by atoms with Crippen LogP contribution in [-0.4, -0.2) is 15.8 Å². The van der Waals surface area contributed by atoms with Crippen LogP contribution in [0, 0.1) is 0 Å². The fourth-order valence-electron chi connectivity index (χ4n) is 1.79. The number of halogens is 3. The lowest BCUT2D eigenvalue weighted by Crippen LogP contribution is -2.17. The summed E-state index contributed by atoms with van der Waals surface area (Å²) in [6.07, 6.45) is -2.87. The van der Waals surface area contributed by atoms with E-state index < -0.39 is 12.7 Å². The predicted molar refractivity (Wildman–Crippen MR) is 53.9 cm³/mol. The SMILES string of the molecule is OCc1cccc2ccn(CC(F)(F)F)c12. The van der Waals surface area contributed by atoms with Gasteiger partial charge in [-0.15, -0.1) is 0 Å². The maximum atomic E-state index is 12.3. The van der Waals surface area contributed by atoms with Crippen molar-refractivity contribution in [3.05, 3.63) is 36.0 Å². The fourth-order valence-corrected chi connectivity index (χ4v) is 1.79. The van der Waals surface area contributed by atoms with Crippen molar-refractivity contribution in [3.63, 3.8) is 0 Å². The fraction of sp³-hybridized carbons (Fsp3) is 0.273. The third-order valence-electron chi connectivity index (χ3n) is 2.39. The lowest BCUT2D eigenvalue weighted by atomic mass is 10.1. The van der Waals surface area contributed by atoms with E-state index in [4.69, 9.17) is 5.11 Å². The molecular weight excluding hydrogens is 219 g/mol. The van der Waals surface area contributed by atoms with Crippen LogP contribution in [0.4, 0.5) is 13.2 Å². The van der Waals surface area contributed by atoms with Crippen LogP contribution in [0.2, 0.25) is 0 Å². The predicted octanol–water partition coefficient (Wildman–Crippen LogP) is 2.70. The van der Waals surface area contributed by atoms with Gasteiger partial charge >= 0.3 is 6.18 Å². The molecule has 16 heavy (non-hydrogen) atoms. The molecule has 1 N–H and O–H groups in total. The minimum absolute atomic E-state index is 0.265. The summed E-state index contributed by atoms with van der Waals surface area (Å²) in [5.74, 6) is 0. The van der Waals surface area contributed by atoms with E-state index in [1.54, 1.807) is 24.3 Å². The monoisotopic (exact) mass is 229 g/mol. The molecule has 2 rings (SSSR count). The first-order valence-electron chi connectivity index (χ1n) is 4.75. The molecule has 1 aromatic heterocycles. The molecule has 5 heteroatoms. The first-order chi connectivity index (χ1) is 7.51. The second kappa shape index (κ2) is 3.83. The van der Waals surface area contributed by atoms with Crippen molar-refractivity contribution in [2.24, 2.45) is 0 Å². The zero-order chi connectivity index (χ0) is 11.8. The van der Waals surface area contributed by atoms with Gasteiger partial charge in [-0.25, -0.2) is 0 Å². The van der Waals surface area contributed by atoms with Gasteiger partial charge in [-0.3, -0.25) is 0 Å². The Hall–Kier alpha value is -1.49. The van der Waals surface area contributed by atoms with Gasteiger partial charge in [0, 0.05) is 11.8 Å². The van der Waals surface area contributed by atoms with Gasteiger partial charge in [0.25, 0.3) is 0 Å². The number of hydrogen-bond acceptors (Lipinski definition) is 1. The number of aliphatic hydroxyl groups is 1. The average molecular weight is 229 g/mol. The van der Waals surface area contributed by atoms with Gasteiger partial charge in [-0.05, 0) is 11.5 Å². The average Bonchev–Trinajstić information content (AvgIpc) is 2.59. The molecular formula is C11H10F3NO. The molecule has 86 valence electrons. The van der Waals surface area contributed by atoms with E-state index in [1.165, 1.54) is 6.20 Å². The molecule has 1 heterocycles. The Kier molecular flexibility index (Phi) is 2.63. The maximum absolute atomic E-state index is 12.3. The molecule has 2 aromatic rings. The zero-order valence-electron chi connectivity index (χ0n) is 8.33. The van der Waals surface area contributed by atoms with E-state index >= 15 is 0 Å². The minimum atomic E-state index is -4.26. The van der Waals surface area contributed by atoms with Gasteiger partial charge in [-0.2, -0.15) is 13.2 Å². The molecule has 0 saturated heterocycles. The first kappa shape index (κ1) is 11.0. The summed E-state index contributed by atoms with van der Waals surface area (Å²) in [5.41, 5.74) is 0.953. The summed E-state index contributed by atoms with van der Waals surface area (Å²) in [6.45, 7) is -1.30. The van der Waals surface area contributed by atoms with Crippen LogP contribution in [0.1, 0.15) is 5.56 Å². The van der Waals surface area contributed by atoms with Gasteiger partial charge in [0.2, 0.25) is 0 Å². The maximum Gasteiger partial charge on any atom is 0.406 e. The first-order valence-corrected chi connectivity index (χ1v) is 4.75. The summed E-state index contributed by atoms with van der Waals surface area (Å²) in [6, 6.07) is 6.67. The molecule has 0 atom stereocenters. The van der Waals surface area contributed by atoms with E-state index in [0.717, 1.165) is 4.57 Å². The Labute approximate surface area is 89.9 Å². The van der Waals surface area contributed by atoms with Crippen LogP contribution in [0.5, 0.6) is 0 Å². The smallest absolute Gasteiger partial charge is 0.392 e. The third kappa shape index (κ3) is 2.04. The number of nitrogens with zero attached hydrogens (tertiary/aromatic N) is 1. The van der Waals surface area contributed by atoms with Gasteiger partial charge < -0.3 is 9.67 Å². The standard InChI is InChI=1S/C11H10F3NO/c12-11(13,14)7-15-5-4-8-2-1-3-9(6-16)10(8)15/h1-5,16H,6-7H2. The highest BCUT2D eigenvalue weighted by Crippen LogP contribution is 2.25. The van der Waals surface area contributed by atoms with Gasteiger partial charge in [-0.1, -0.05) is 18.2 Å². The molecule has 2 nitrogen and oxygen atoms in total. The summed E-state index contributed by atoms with van der Waals surface area (Å²) in [5, 5.41) is 9.79. The molecule has 1 aromatic carbocycles. The molecule has 0 fully saturated rings. The topological polar surface area (TPSA) is 25.2 Å². The number of para-hydroxylation sites is 1. The highest BCUT2D eigenvalue weighted by Gasteiger charge is 2.28. The van der Waals surface area contributed by atoms with Gasteiger partial charge in [0.05, 0.1) is 12.1 Å². The molecule has 0 aliphatic carbocycles. The van der Waals surface area contributed by atoms with Crippen molar-refractivity contribution >= 4 is 10.9 Å². The van der Waals surface area contributed by atoms with Crippen LogP contribution in [-0.2, 0) is 13.2 Å². The normalized spacial score (nSPS) is 12.2. The van der Waals surface area contributed by atoms with Crippen LogP contribution in [0.25, 0.3) is 10.9 Å². The largest absolute Gasteiger partial charge is 0.406 e. The Morgan fingerprint density at radius 3 is 2.56 bits per heavy atom. The molecule has 0 radical (unpaired) electrons. The molecule has 0 aliphatic heterocycles. The number of rotatable bonds is 2. The number of alkyl halides is 3. The van der Waals surface area contributed by atoms with E-state index in [-0.39, 0.29) is 6.61 Å². The quantitative estimate of drug-likeness (QED) is 0.841. The highest BCUT2D eigenvalue weighted by atomic mass is 19.4. The lowest BCUT2D eigenvalue weighted by Gasteiger charge is -2.10. The summed E-state index contributed by atoms with van der Waals surface area (Å²) in [7, 11) is 0. The third-order valence-corrected chi connectivity index (χ3v) is 2.39. The second-order valence-electron chi connectivity index (χ2n) is 3.57. The zero-order valence-corrected chi connectivity index (χ0v) is 8.33. The minimum Gasteiger partial charge on any atom is -0.392 e. The Balaban J connectivity index is 2.54. The van der Waals surface area contributed by atoms with Crippen LogP contribution < -0.4 is 0 Å². The van der Waals surface area contributed by atoms with Crippen molar-refractivity contribution in [2.45, 2.75) is 19.3 Å². The number of hydrogen-bond donors (Lipinski definition) is 1. The molecule has 0 unspecified atom stereocenters. The van der Waals surface area contributed by atoms with E-state index in [1.807, 2.05) is 0 Å². The van der Waals surface area contributed by atoms with E-state index in [9.17, 15) is 13.2 Å². The van der Waals surface area contributed by atoms with E-state index in [0.29, 0.717) is 16.5 Å².